The van der Waals surface area contributed by atoms with E-state index < -0.39 is 11.6 Å². The molecule has 1 aromatic rings. The Bertz CT molecular complexity index is 724. The zero-order valence-corrected chi connectivity index (χ0v) is 20.4. The van der Waals surface area contributed by atoms with Gasteiger partial charge in [0.05, 0.1) is 7.11 Å². The summed E-state index contributed by atoms with van der Waals surface area (Å²) in [6.45, 7) is 2.30. The Balaban J connectivity index is 1.25. The van der Waals surface area contributed by atoms with E-state index in [1.165, 1.54) is 90.6 Å². The second-order valence-electron chi connectivity index (χ2n) is 11.2. The largest absolute Gasteiger partial charge is 0.494 e. The highest BCUT2D eigenvalue weighted by Gasteiger charge is 2.39. The zero-order chi connectivity index (χ0) is 22.5. The molecule has 3 aliphatic rings. The molecule has 0 heterocycles. The molecule has 0 spiro atoms. The van der Waals surface area contributed by atoms with Gasteiger partial charge in [0.25, 0.3) is 0 Å². The Morgan fingerprint density at radius 1 is 0.750 bits per heavy atom. The third kappa shape index (κ3) is 5.50. The average molecular weight is 447 g/mol. The fourth-order valence-corrected chi connectivity index (χ4v) is 7.46. The van der Waals surface area contributed by atoms with Gasteiger partial charge in [-0.05, 0) is 98.5 Å². The van der Waals surface area contributed by atoms with Crippen LogP contribution >= 0.6 is 0 Å². The van der Waals surface area contributed by atoms with E-state index in [1.807, 2.05) is 0 Å². The van der Waals surface area contributed by atoms with Crippen LogP contribution in [0.5, 0.6) is 5.75 Å². The SMILES string of the molecule is CCCCCCC1CCC(C2CCC3CC(c4ccc(OC)c(F)c4F)CCC3C2)CC1. The van der Waals surface area contributed by atoms with Crippen LogP contribution in [-0.4, -0.2) is 7.11 Å². The normalized spacial score (nSPS) is 33.0. The van der Waals surface area contributed by atoms with Gasteiger partial charge in [-0.1, -0.05) is 57.9 Å². The number of halogens is 2. The van der Waals surface area contributed by atoms with Gasteiger partial charge < -0.3 is 4.74 Å². The summed E-state index contributed by atoms with van der Waals surface area (Å²) >= 11 is 0. The molecule has 3 heteroatoms. The van der Waals surface area contributed by atoms with Crippen molar-refractivity contribution in [2.75, 3.05) is 7.11 Å². The van der Waals surface area contributed by atoms with Crippen LogP contribution < -0.4 is 4.74 Å². The molecule has 3 saturated carbocycles. The quantitative estimate of drug-likeness (QED) is 0.362. The summed E-state index contributed by atoms with van der Waals surface area (Å²) in [5, 5.41) is 0. The van der Waals surface area contributed by atoms with Gasteiger partial charge in [0.2, 0.25) is 5.82 Å². The first-order valence-corrected chi connectivity index (χ1v) is 13.6. The molecule has 0 bridgehead atoms. The third-order valence-electron chi connectivity index (χ3n) is 9.41. The molecule has 4 rings (SSSR count). The second-order valence-corrected chi connectivity index (χ2v) is 11.2. The van der Waals surface area contributed by atoms with Crippen molar-refractivity contribution in [3.8, 4) is 5.75 Å². The minimum absolute atomic E-state index is 0.0103. The van der Waals surface area contributed by atoms with Crippen LogP contribution in [0.1, 0.15) is 115 Å². The molecule has 0 aromatic heterocycles. The number of rotatable bonds is 8. The van der Waals surface area contributed by atoms with Crippen molar-refractivity contribution in [2.24, 2.45) is 29.6 Å². The molecule has 0 amide bonds. The number of benzene rings is 1. The van der Waals surface area contributed by atoms with Crippen molar-refractivity contribution in [2.45, 2.75) is 109 Å². The van der Waals surface area contributed by atoms with Gasteiger partial charge in [-0.3, -0.25) is 0 Å². The van der Waals surface area contributed by atoms with E-state index in [2.05, 4.69) is 6.92 Å². The maximum atomic E-state index is 14.7. The van der Waals surface area contributed by atoms with Crippen molar-refractivity contribution >= 4 is 0 Å². The first-order valence-electron chi connectivity index (χ1n) is 13.6. The summed E-state index contributed by atoms with van der Waals surface area (Å²) in [5.74, 6) is 3.04. The van der Waals surface area contributed by atoms with Crippen molar-refractivity contribution in [3.63, 3.8) is 0 Å². The Labute approximate surface area is 194 Å². The van der Waals surface area contributed by atoms with Crippen LogP contribution in [0.2, 0.25) is 0 Å². The summed E-state index contributed by atoms with van der Waals surface area (Å²) in [4.78, 5) is 0. The van der Waals surface area contributed by atoms with E-state index >= 15 is 0 Å². The van der Waals surface area contributed by atoms with E-state index in [-0.39, 0.29) is 11.7 Å². The molecule has 0 N–H and O–H groups in total. The lowest BCUT2D eigenvalue weighted by Gasteiger charge is -2.45. The van der Waals surface area contributed by atoms with E-state index in [0.717, 1.165) is 36.5 Å². The molecule has 0 saturated heterocycles. The molecule has 3 fully saturated rings. The number of unbranched alkanes of at least 4 members (excludes halogenated alkanes) is 3. The van der Waals surface area contributed by atoms with Crippen LogP contribution in [0.4, 0.5) is 8.78 Å². The van der Waals surface area contributed by atoms with E-state index in [1.54, 1.807) is 12.1 Å². The van der Waals surface area contributed by atoms with E-state index in [9.17, 15) is 8.78 Å². The Kier molecular flexibility index (Phi) is 8.51. The lowest BCUT2D eigenvalue weighted by Crippen LogP contribution is -2.34. The van der Waals surface area contributed by atoms with Gasteiger partial charge in [0.1, 0.15) is 0 Å². The van der Waals surface area contributed by atoms with Crippen LogP contribution in [0.25, 0.3) is 0 Å². The highest BCUT2D eigenvalue weighted by Crippen LogP contribution is 2.51. The minimum Gasteiger partial charge on any atom is -0.494 e. The molecule has 4 unspecified atom stereocenters. The predicted molar refractivity (Wildman–Crippen MR) is 128 cm³/mol. The fraction of sp³-hybridized carbons (Fsp3) is 0.793. The summed E-state index contributed by atoms with van der Waals surface area (Å²) in [7, 11) is 1.39. The van der Waals surface area contributed by atoms with E-state index in [0.29, 0.717) is 11.5 Å². The summed E-state index contributed by atoms with van der Waals surface area (Å²) in [6, 6.07) is 3.35. The van der Waals surface area contributed by atoms with Crippen LogP contribution in [0, 0.1) is 41.2 Å². The summed E-state index contributed by atoms with van der Waals surface area (Å²) < 4.78 is 33.8. The maximum Gasteiger partial charge on any atom is 0.200 e. The molecule has 3 aliphatic carbocycles. The monoisotopic (exact) mass is 446 g/mol. The number of fused-ring (bicyclic) bond motifs is 1. The van der Waals surface area contributed by atoms with Crippen molar-refractivity contribution in [3.05, 3.63) is 29.3 Å². The zero-order valence-electron chi connectivity index (χ0n) is 20.4. The number of hydrogen-bond acceptors (Lipinski definition) is 1. The molecule has 180 valence electrons. The van der Waals surface area contributed by atoms with Gasteiger partial charge in [0, 0.05) is 0 Å². The summed E-state index contributed by atoms with van der Waals surface area (Å²) in [5.41, 5.74) is 0.570. The van der Waals surface area contributed by atoms with Crippen molar-refractivity contribution < 1.29 is 13.5 Å². The Morgan fingerprint density at radius 2 is 1.41 bits per heavy atom. The van der Waals surface area contributed by atoms with Gasteiger partial charge in [0.15, 0.2) is 11.6 Å². The van der Waals surface area contributed by atoms with Crippen molar-refractivity contribution in [1.82, 2.24) is 0 Å². The van der Waals surface area contributed by atoms with Crippen LogP contribution in [-0.2, 0) is 0 Å². The Morgan fingerprint density at radius 3 is 2.12 bits per heavy atom. The van der Waals surface area contributed by atoms with Crippen LogP contribution in [0.3, 0.4) is 0 Å². The molecule has 32 heavy (non-hydrogen) atoms. The van der Waals surface area contributed by atoms with Gasteiger partial charge in [-0.2, -0.15) is 4.39 Å². The molecule has 0 aliphatic heterocycles. The predicted octanol–water partition coefficient (Wildman–Crippen LogP) is 9.05. The molecule has 1 aromatic carbocycles. The lowest BCUT2D eigenvalue weighted by atomic mass is 9.60. The third-order valence-corrected chi connectivity index (χ3v) is 9.41. The topological polar surface area (TPSA) is 9.23 Å². The number of ether oxygens (including phenoxy) is 1. The second kappa shape index (κ2) is 11.3. The first kappa shape index (κ1) is 24.0. The van der Waals surface area contributed by atoms with Gasteiger partial charge >= 0.3 is 0 Å². The van der Waals surface area contributed by atoms with Gasteiger partial charge in [-0.15, -0.1) is 0 Å². The highest BCUT2D eigenvalue weighted by atomic mass is 19.2. The van der Waals surface area contributed by atoms with E-state index in [4.69, 9.17) is 4.74 Å². The van der Waals surface area contributed by atoms with Crippen LogP contribution in [0.15, 0.2) is 12.1 Å². The smallest absolute Gasteiger partial charge is 0.200 e. The lowest BCUT2D eigenvalue weighted by molar-refractivity contribution is 0.0705. The maximum absolute atomic E-state index is 14.7. The number of hydrogen-bond donors (Lipinski definition) is 0. The van der Waals surface area contributed by atoms with Gasteiger partial charge in [-0.25, -0.2) is 4.39 Å². The number of methoxy groups -OCH3 is 1. The highest BCUT2D eigenvalue weighted by molar-refractivity contribution is 5.33. The van der Waals surface area contributed by atoms with Crippen molar-refractivity contribution in [1.29, 1.82) is 0 Å². The first-order chi connectivity index (χ1) is 15.6. The minimum atomic E-state index is -0.822. The molecular weight excluding hydrogens is 402 g/mol. The molecule has 4 atom stereocenters. The molecular formula is C29H44F2O. The summed E-state index contributed by atoms with van der Waals surface area (Å²) in [6.07, 6.45) is 20.2. The molecule has 1 nitrogen and oxygen atoms in total. The average Bonchev–Trinajstić information content (AvgIpc) is 2.83. The standard InChI is InChI=1S/C29H44F2O/c1-3-4-5-6-7-20-8-10-21(11-9-20)22-12-13-24-19-25(15-14-23(24)18-22)26-16-17-27(32-2)29(31)28(26)30/h16-17,20-25H,3-15,18-19H2,1-2H3. The fourth-order valence-electron chi connectivity index (χ4n) is 7.46. The molecule has 0 radical (unpaired) electrons. The Hall–Kier alpha value is -1.12.